The normalized spacial score (nSPS) is 10.8. The van der Waals surface area contributed by atoms with Gasteiger partial charge in [-0.3, -0.25) is 4.79 Å². The molecule has 11 heteroatoms. The van der Waals surface area contributed by atoms with Gasteiger partial charge in [-0.05, 0) is 30.2 Å². The van der Waals surface area contributed by atoms with Crippen molar-refractivity contribution in [2.24, 2.45) is 5.73 Å². The molecule has 1 aromatic heterocycles. The Morgan fingerprint density at radius 1 is 0.762 bits per heavy atom. The van der Waals surface area contributed by atoms with E-state index in [4.69, 9.17) is 15.2 Å². The van der Waals surface area contributed by atoms with Crippen molar-refractivity contribution in [3.8, 4) is 0 Å². The Balaban J connectivity index is 1.57. The van der Waals surface area contributed by atoms with E-state index in [2.05, 4.69) is 43.1 Å². The molecule has 1 heterocycles. The topological polar surface area (TPSA) is 148 Å². The zero-order valence-corrected chi connectivity index (χ0v) is 24.7. The first-order chi connectivity index (χ1) is 20.7. The van der Waals surface area contributed by atoms with Crippen molar-refractivity contribution in [3.63, 3.8) is 0 Å². The standard InChI is InChI=1S/C31H46N8O3/c1-2-3-4-5-6-10-17-34-29-37-30(35-24-25-12-8-7-9-13-25)39-31(38-29)36-27-15-11-14-26(23-27)28(40)33-18-20-42-22-21-41-19-16-32/h7-9,11-15,23H,2-6,10,16-22,24,32H2,1H3,(H,33,40)(H3,34,35,36,37,38,39). The summed E-state index contributed by atoms with van der Waals surface area (Å²) in [6.07, 6.45) is 7.27. The molecule has 228 valence electrons. The van der Waals surface area contributed by atoms with Crippen LogP contribution in [0.25, 0.3) is 0 Å². The monoisotopic (exact) mass is 578 g/mol. The van der Waals surface area contributed by atoms with Gasteiger partial charge in [-0.2, -0.15) is 15.0 Å². The van der Waals surface area contributed by atoms with E-state index in [-0.39, 0.29) is 5.91 Å². The van der Waals surface area contributed by atoms with Gasteiger partial charge < -0.3 is 36.5 Å². The van der Waals surface area contributed by atoms with Crippen molar-refractivity contribution in [1.82, 2.24) is 20.3 Å². The molecule has 1 amide bonds. The Morgan fingerprint density at radius 3 is 2.26 bits per heavy atom. The lowest BCUT2D eigenvalue weighted by Crippen LogP contribution is -2.27. The van der Waals surface area contributed by atoms with Crippen LogP contribution in [0.5, 0.6) is 0 Å². The van der Waals surface area contributed by atoms with Crippen molar-refractivity contribution in [2.75, 3.05) is 62.0 Å². The number of benzene rings is 2. The van der Waals surface area contributed by atoms with Gasteiger partial charge in [0.25, 0.3) is 5.91 Å². The van der Waals surface area contributed by atoms with Gasteiger partial charge in [0.2, 0.25) is 17.8 Å². The molecule has 0 radical (unpaired) electrons. The second kappa shape index (κ2) is 20.1. The number of aromatic nitrogens is 3. The lowest BCUT2D eigenvalue weighted by Gasteiger charge is -2.12. The number of carbonyl (C=O) groups is 1. The number of hydrogen-bond donors (Lipinski definition) is 5. The maximum absolute atomic E-state index is 12.7. The number of carbonyl (C=O) groups excluding carboxylic acids is 1. The summed E-state index contributed by atoms with van der Waals surface area (Å²) < 4.78 is 10.7. The van der Waals surface area contributed by atoms with Crippen LogP contribution < -0.4 is 27.0 Å². The Hall–Kier alpha value is -3.80. The zero-order chi connectivity index (χ0) is 29.7. The molecule has 0 atom stereocenters. The molecule has 0 fully saturated rings. The average molecular weight is 579 g/mol. The van der Waals surface area contributed by atoms with Gasteiger partial charge in [-0.1, -0.05) is 75.4 Å². The van der Waals surface area contributed by atoms with E-state index in [0.717, 1.165) is 18.5 Å². The van der Waals surface area contributed by atoms with E-state index in [9.17, 15) is 4.79 Å². The summed E-state index contributed by atoms with van der Waals surface area (Å²) in [6.45, 7) is 6.32. The van der Waals surface area contributed by atoms with Crippen molar-refractivity contribution < 1.29 is 14.3 Å². The maximum atomic E-state index is 12.7. The van der Waals surface area contributed by atoms with E-state index in [1.54, 1.807) is 12.1 Å². The third-order valence-corrected chi connectivity index (χ3v) is 6.29. The molecule has 0 aliphatic rings. The van der Waals surface area contributed by atoms with Crippen LogP contribution >= 0.6 is 0 Å². The first kappa shape index (κ1) is 32.7. The number of anilines is 4. The number of nitrogens with one attached hydrogen (secondary N) is 4. The molecule has 2 aromatic carbocycles. The highest BCUT2D eigenvalue weighted by atomic mass is 16.5. The van der Waals surface area contributed by atoms with Gasteiger partial charge in [0.15, 0.2) is 0 Å². The van der Waals surface area contributed by atoms with Crippen LogP contribution in [0, 0.1) is 0 Å². The van der Waals surface area contributed by atoms with Crippen molar-refractivity contribution in [1.29, 1.82) is 0 Å². The third-order valence-electron chi connectivity index (χ3n) is 6.29. The van der Waals surface area contributed by atoms with Crippen LogP contribution in [-0.2, 0) is 16.0 Å². The molecular weight excluding hydrogens is 532 g/mol. The lowest BCUT2D eigenvalue weighted by molar-refractivity contribution is 0.0511. The molecule has 42 heavy (non-hydrogen) atoms. The molecule has 0 aliphatic heterocycles. The molecule has 0 saturated heterocycles. The number of rotatable bonds is 22. The minimum Gasteiger partial charge on any atom is -0.378 e. The number of unbranched alkanes of at least 4 members (excludes halogenated alkanes) is 5. The summed E-state index contributed by atoms with van der Waals surface area (Å²) in [7, 11) is 0. The van der Waals surface area contributed by atoms with Crippen molar-refractivity contribution in [3.05, 3.63) is 65.7 Å². The van der Waals surface area contributed by atoms with Crippen LogP contribution in [-0.4, -0.2) is 66.9 Å². The minimum absolute atomic E-state index is 0.191. The van der Waals surface area contributed by atoms with E-state index >= 15 is 0 Å². The molecule has 0 spiro atoms. The summed E-state index contributed by atoms with van der Waals surface area (Å²) >= 11 is 0. The quantitative estimate of drug-likeness (QED) is 0.106. The van der Waals surface area contributed by atoms with E-state index in [0.29, 0.717) is 75.2 Å². The largest absolute Gasteiger partial charge is 0.378 e. The van der Waals surface area contributed by atoms with Crippen LogP contribution in [0.15, 0.2) is 54.6 Å². The van der Waals surface area contributed by atoms with Crippen LogP contribution in [0.2, 0.25) is 0 Å². The van der Waals surface area contributed by atoms with Gasteiger partial charge in [0.1, 0.15) is 0 Å². The predicted molar refractivity (Wildman–Crippen MR) is 168 cm³/mol. The number of ether oxygens (including phenoxy) is 2. The number of amides is 1. The van der Waals surface area contributed by atoms with Crippen molar-refractivity contribution >= 4 is 29.4 Å². The van der Waals surface area contributed by atoms with E-state index in [1.165, 1.54) is 32.1 Å². The zero-order valence-electron chi connectivity index (χ0n) is 24.7. The van der Waals surface area contributed by atoms with E-state index in [1.807, 2.05) is 42.5 Å². The molecule has 3 rings (SSSR count). The summed E-state index contributed by atoms with van der Waals surface area (Å²) in [5, 5.41) is 12.8. The minimum atomic E-state index is -0.191. The van der Waals surface area contributed by atoms with Crippen LogP contribution in [0.1, 0.15) is 61.4 Å². The van der Waals surface area contributed by atoms with Crippen LogP contribution in [0.4, 0.5) is 23.5 Å². The molecule has 11 nitrogen and oxygen atoms in total. The predicted octanol–water partition coefficient (Wildman–Crippen LogP) is 4.72. The molecular formula is C31H46N8O3. The summed E-state index contributed by atoms with van der Waals surface area (Å²) in [6, 6.07) is 17.3. The fourth-order valence-electron chi connectivity index (χ4n) is 4.08. The molecule has 6 N–H and O–H groups in total. The summed E-state index contributed by atoms with van der Waals surface area (Å²) in [5.74, 6) is 1.15. The van der Waals surface area contributed by atoms with Gasteiger partial charge in [0.05, 0.1) is 26.4 Å². The van der Waals surface area contributed by atoms with Gasteiger partial charge in [0, 0.05) is 37.4 Å². The van der Waals surface area contributed by atoms with Gasteiger partial charge >= 0.3 is 0 Å². The molecule has 0 saturated carbocycles. The SMILES string of the molecule is CCCCCCCCNc1nc(NCc2ccccc2)nc(Nc2cccc(C(=O)NCCOCCOCCN)c2)n1. The average Bonchev–Trinajstić information content (AvgIpc) is 3.01. The third kappa shape index (κ3) is 13.2. The number of nitrogens with zero attached hydrogens (tertiary/aromatic N) is 3. The highest BCUT2D eigenvalue weighted by molar-refractivity contribution is 5.95. The second-order valence-corrected chi connectivity index (χ2v) is 9.82. The fourth-order valence-corrected chi connectivity index (χ4v) is 4.08. The summed E-state index contributed by atoms with van der Waals surface area (Å²) in [5.41, 5.74) is 7.72. The summed E-state index contributed by atoms with van der Waals surface area (Å²) in [4.78, 5) is 26.4. The Labute approximate surface area is 249 Å². The molecule has 0 bridgehead atoms. The highest BCUT2D eigenvalue weighted by Gasteiger charge is 2.10. The first-order valence-corrected chi connectivity index (χ1v) is 15.0. The molecule has 0 aliphatic carbocycles. The van der Waals surface area contributed by atoms with Crippen molar-refractivity contribution in [2.45, 2.75) is 52.0 Å². The molecule has 0 unspecified atom stereocenters. The highest BCUT2D eigenvalue weighted by Crippen LogP contribution is 2.18. The smallest absolute Gasteiger partial charge is 0.251 e. The lowest BCUT2D eigenvalue weighted by atomic mass is 10.1. The fraction of sp³-hybridized carbons (Fsp3) is 0.484. The number of hydrogen-bond acceptors (Lipinski definition) is 10. The first-order valence-electron chi connectivity index (χ1n) is 15.0. The second-order valence-electron chi connectivity index (χ2n) is 9.82. The van der Waals surface area contributed by atoms with E-state index < -0.39 is 0 Å². The Bertz CT molecular complexity index is 1170. The Kier molecular flexibility index (Phi) is 15.7. The maximum Gasteiger partial charge on any atom is 0.251 e. The Morgan fingerprint density at radius 2 is 1.48 bits per heavy atom. The van der Waals surface area contributed by atoms with Gasteiger partial charge in [-0.25, -0.2) is 0 Å². The van der Waals surface area contributed by atoms with Gasteiger partial charge in [-0.15, -0.1) is 0 Å². The number of nitrogens with two attached hydrogens (primary N) is 1. The van der Waals surface area contributed by atoms with Crippen LogP contribution in [0.3, 0.4) is 0 Å². The molecule has 3 aromatic rings.